The van der Waals surface area contributed by atoms with Crippen LogP contribution in [-0.2, 0) is 4.74 Å². The third kappa shape index (κ3) is 3.23. The van der Waals surface area contributed by atoms with Crippen molar-refractivity contribution < 1.29 is 14.6 Å². The number of aromatic hydroxyl groups is 1. The Balaban J connectivity index is 2.15. The molecular weight excluding hydrogens is 242 g/mol. The van der Waals surface area contributed by atoms with Gasteiger partial charge in [0, 0.05) is 20.3 Å². The lowest BCUT2D eigenvalue weighted by molar-refractivity contribution is 0.0946. The zero-order chi connectivity index (χ0) is 13.7. The van der Waals surface area contributed by atoms with Gasteiger partial charge in [-0.3, -0.25) is 4.79 Å². The molecule has 0 radical (unpaired) electrons. The normalized spacial score (nSPS) is 10.6. The molecule has 0 aromatic heterocycles. The van der Waals surface area contributed by atoms with Crippen LogP contribution in [0, 0.1) is 0 Å². The Morgan fingerprint density at radius 2 is 1.95 bits per heavy atom. The zero-order valence-electron chi connectivity index (χ0n) is 10.8. The van der Waals surface area contributed by atoms with Crippen LogP contribution in [0.2, 0.25) is 0 Å². The largest absolute Gasteiger partial charge is 0.507 e. The molecule has 100 valence electrons. The maximum Gasteiger partial charge on any atom is 0.255 e. The van der Waals surface area contributed by atoms with E-state index in [0.29, 0.717) is 18.7 Å². The third-order valence-corrected chi connectivity index (χ3v) is 2.92. The first-order valence-corrected chi connectivity index (χ1v) is 6.21. The van der Waals surface area contributed by atoms with Crippen molar-refractivity contribution in [1.29, 1.82) is 0 Å². The smallest absolute Gasteiger partial charge is 0.255 e. The van der Waals surface area contributed by atoms with Crippen LogP contribution in [0.15, 0.2) is 36.4 Å². The average Bonchev–Trinajstić information content (AvgIpc) is 2.42. The van der Waals surface area contributed by atoms with Crippen molar-refractivity contribution in [2.75, 3.05) is 20.3 Å². The fraction of sp³-hybridized carbons (Fsp3) is 0.267. The maximum atomic E-state index is 12.0. The fourth-order valence-corrected chi connectivity index (χ4v) is 1.92. The van der Waals surface area contributed by atoms with Crippen LogP contribution in [-0.4, -0.2) is 31.3 Å². The van der Waals surface area contributed by atoms with E-state index in [0.717, 1.165) is 17.2 Å². The summed E-state index contributed by atoms with van der Waals surface area (Å²) in [6.45, 7) is 1.13. The van der Waals surface area contributed by atoms with E-state index in [9.17, 15) is 9.90 Å². The van der Waals surface area contributed by atoms with E-state index < -0.39 is 0 Å². The quantitative estimate of drug-likeness (QED) is 0.810. The number of rotatable bonds is 5. The number of carbonyl (C=O) groups excluding carboxylic acids is 1. The average molecular weight is 259 g/mol. The molecule has 4 nitrogen and oxygen atoms in total. The topological polar surface area (TPSA) is 58.6 Å². The van der Waals surface area contributed by atoms with E-state index in [-0.39, 0.29) is 11.7 Å². The molecule has 2 N–H and O–H groups in total. The van der Waals surface area contributed by atoms with Crippen molar-refractivity contribution in [3.8, 4) is 5.75 Å². The monoisotopic (exact) mass is 259 g/mol. The second-order valence-corrected chi connectivity index (χ2v) is 4.32. The second-order valence-electron chi connectivity index (χ2n) is 4.32. The first kappa shape index (κ1) is 13.4. The molecule has 4 heteroatoms. The van der Waals surface area contributed by atoms with E-state index in [1.807, 2.05) is 24.3 Å². The van der Waals surface area contributed by atoms with Gasteiger partial charge < -0.3 is 15.2 Å². The molecule has 0 atom stereocenters. The molecule has 0 unspecified atom stereocenters. The summed E-state index contributed by atoms with van der Waals surface area (Å²) in [5.74, 6) is -0.262. The van der Waals surface area contributed by atoms with Crippen molar-refractivity contribution in [2.24, 2.45) is 0 Å². The molecule has 0 heterocycles. The van der Waals surface area contributed by atoms with Gasteiger partial charge in [0.2, 0.25) is 0 Å². The minimum Gasteiger partial charge on any atom is -0.507 e. The summed E-state index contributed by atoms with van der Waals surface area (Å²) in [5, 5.41) is 14.5. The summed E-state index contributed by atoms with van der Waals surface area (Å²) in [5.41, 5.74) is 0.302. The van der Waals surface area contributed by atoms with Crippen LogP contribution >= 0.6 is 0 Å². The number of benzene rings is 2. The van der Waals surface area contributed by atoms with Crippen molar-refractivity contribution in [3.63, 3.8) is 0 Å². The van der Waals surface area contributed by atoms with E-state index in [4.69, 9.17) is 4.74 Å². The molecule has 2 aromatic rings. The van der Waals surface area contributed by atoms with Crippen LogP contribution in [0.25, 0.3) is 10.8 Å². The molecule has 0 aliphatic heterocycles. The fourth-order valence-electron chi connectivity index (χ4n) is 1.92. The standard InChI is InChI=1S/C15H17NO3/c1-19-8-4-7-16-15(18)13-9-11-5-2-3-6-12(11)10-14(13)17/h2-3,5-6,9-10,17H,4,7-8H2,1H3,(H,16,18). The number of methoxy groups -OCH3 is 1. The molecule has 0 spiro atoms. The van der Waals surface area contributed by atoms with Crippen LogP contribution in [0.3, 0.4) is 0 Å². The predicted octanol–water partition coefficient (Wildman–Crippen LogP) is 2.31. The number of amides is 1. The van der Waals surface area contributed by atoms with Crippen molar-refractivity contribution in [3.05, 3.63) is 42.0 Å². The van der Waals surface area contributed by atoms with Crippen molar-refractivity contribution in [1.82, 2.24) is 5.32 Å². The Hall–Kier alpha value is -2.07. The molecule has 2 rings (SSSR count). The molecule has 0 fully saturated rings. The van der Waals surface area contributed by atoms with E-state index >= 15 is 0 Å². The molecule has 0 aliphatic carbocycles. The van der Waals surface area contributed by atoms with Gasteiger partial charge in [-0.05, 0) is 29.3 Å². The van der Waals surface area contributed by atoms with Crippen LogP contribution in [0.1, 0.15) is 16.8 Å². The Morgan fingerprint density at radius 1 is 1.26 bits per heavy atom. The van der Waals surface area contributed by atoms with E-state index in [1.54, 1.807) is 19.2 Å². The molecule has 1 amide bonds. The lowest BCUT2D eigenvalue weighted by atomic mass is 10.1. The third-order valence-electron chi connectivity index (χ3n) is 2.92. The highest BCUT2D eigenvalue weighted by molar-refractivity contribution is 6.01. The zero-order valence-corrected chi connectivity index (χ0v) is 10.8. The Labute approximate surface area is 112 Å². The summed E-state index contributed by atoms with van der Waals surface area (Å²) >= 11 is 0. The molecule has 19 heavy (non-hydrogen) atoms. The van der Waals surface area contributed by atoms with Gasteiger partial charge in [0.05, 0.1) is 5.56 Å². The summed E-state index contributed by atoms with van der Waals surface area (Å²) in [4.78, 5) is 12.0. The molecule has 0 aliphatic rings. The van der Waals surface area contributed by atoms with E-state index in [2.05, 4.69) is 5.32 Å². The van der Waals surface area contributed by atoms with Gasteiger partial charge in [-0.25, -0.2) is 0 Å². The number of hydrogen-bond donors (Lipinski definition) is 2. The summed E-state index contributed by atoms with van der Waals surface area (Å²) in [6.07, 6.45) is 0.747. The summed E-state index contributed by atoms with van der Waals surface area (Å²) < 4.78 is 4.91. The second kappa shape index (κ2) is 6.20. The molecule has 0 saturated carbocycles. The number of phenols is 1. The SMILES string of the molecule is COCCCNC(=O)c1cc2ccccc2cc1O. The number of hydrogen-bond acceptors (Lipinski definition) is 3. The van der Waals surface area contributed by atoms with E-state index in [1.165, 1.54) is 0 Å². The Kier molecular flexibility index (Phi) is 4.36. The highest BCUT2D eigenvalue weighted by Crippen LogP contribution is 2.24. The van der Waals surface area contributed by atoms with Crippen LogP contribution in [0.5, 0.6) is 5.75 Å². The first-order valence-electron chi connectivity index (χ1n) is 6.21. The van der Waals surface area contributed by atoms with Gasteiger partial charge in [-0.15, -0.1) is 0 Å². The first-order chi connectivity index (χ1) is 9.22. The minimum atomic E-state index is -0.264. The molecular formula is C15H17NO3. The van der Waals surface area contributed by atoms with Crippen molar-refractivity contribution >= 4 is 16.7 Å². The number of fused-ring (bicyclic) bond motifs is 1. The number of carbonyl (C=O) groups is 1. The van der Waals surface area contributed by atoms with Crippen LogP contribution in [0.4, 0.5) is 0 Å². The minimum absolute atomic E-state index is 0.00272. The molecule has 0 saturated heterocycles. The molecule has 0 bridgehead atoms. The van der Waals surface area contributed by atoms with Gasteiger partial charge >= 0.3 is 0 Å². The predicted molar refractivity (Wildman–Crippen MR) is 74.4 cm³/mol. The van der Waals surface area contributed by atoms with Crippen LogP contribution < -0.4 is 5.32 Å². The number of phenolic OH excluding ortho intramolecular Hbond substituents is 1. The van der Waals surface area contributed by atoms with Gasteiger partial charge in [0.15, 0.2) is 0 Å². The number of nitrogens with one attached hydrogen (secondary N) is 1. The summed E-state index contributed by atoms with van der Waals surface area (Å²) in [7, 11) is 1.62. The summed E-state index contributed by atoms with van der Waals surface area (Å²) in [6, 6.07) is 10.9. The lowest BCUT2D eigenvalue weighted by Crippen LogP contribution is -2.25. The van der Waals surface area contributed by atoms with Gasteiger partial charge in [0.1, 0.15) is 5.75 Å². The number of ether oxygens (including phenoxy) is 1. The lowest BCUT2D eigenvalue weighted by Gasteiger charge is -2.08. The van der Waals surface area contributed by atoms with Gasteiger partial charge in [0.25, 0.3) is 5.91 Å². The van der Waals surface area contributed by atoms with Crippen molar-refractivity contribution in [2.45, 2.75) is 6.42 Å². The molecule has 2 aromatic carbocycles. The highest BCUT2D eigenvalue weighted by Gasteiger charge is 2.11. The Morgan fingerprint density at radius 3 is 2.63 bits per heavy atom. The van der Waals surface area contributed by atoms with Gasteiger partial charge in [-0.2, -0.15) is 0 Å². The maximum absolute atomic E-state index is 12.0. The van der Waals surface area contributed by atoms with Gasteiger partial charge in [-0.1, -0.05) is 24.3 Å². The Bertz CT molecular complexity index is 581. The highest BCUT2D eigenvalue weighted by atomic mass is 16.5.